The molecule has 1 atom stereocenters. The predicted octanol–water partition coefficient (Wildman–Crippen LogP) is 2.34. The van der Waals surface area contributed by atoms with Gasteiger partial charge in [-0.1, -0.05) is 19.8 Å². The lowest BCUT2D eigenvalue weighted by Crippen LogP contribution is -2.41. The van der Waals surface area contributed by atoms with Crippen molar-refractivity contribution in [2.45, 2.75) is 51.6 Å². The second kappa shape index (κ2) is 7.58. The molecule has 1 aliphatic carbocycles. The molecule has 2 amide bonds. The normalized spacial score (nSPS) is 20.0. The maximum absolute atomic E-state index is 12.6. The number of ether oxygens (including phenoxy) is 1. The summed E-state index contributed by atoms with van der Waals surface area (Å²) in [6, 6.07) is 6.72. The zero-order valence-corrected chi connectivity index (χ0v) is 15.1. The molecule has 2 fully saturated rings. The minimum atomic E-state index is -0.948. The molecule has 1 N–H and O–H groups in total. The molecule has 1 heterocycles. The molecule has 0 bridgehead atoms. The van der Waals surface area contributed by atoms with E-state index < -0.39 is 11.5 Å². The second-order valence-electron chi connectivity index (χ2n) is 7.24. The van der Waals surface area contributed by atoms with Crippen molar-refractivity contribution < 1.29 is 24.2 Å². The number of β-amino-alcohol motifs (C(OH)–C–C–N with tert-alkyl or cyclic N) is 1. The van der Waals surface area contributed by atoms with Crippen LogP contribution in [0.25, 0.3) is 0 Å². The van der Waals surface area contributed by atoms with Crippen LogP contribution < -0.4 is 4.74 Å². The van der Waals surface area contributed by atoms with Gasteiger partial charge in [-0.3, -0.25) is 19.3 Å². The van der Waals surface area contributed by atoms with Crippen molar-refractivity contribution in [3.63, 3.8) is 0 Å². The Kier molecular flexibility index (Phi) is 5.41. The number of nitrogens with zero attached hydrogens (tertiary/aromatic N) is 1. The van der Waals surface area contributed by atoms with Gasteiger partial charge in [0.15, 0.2) is 5.78 Å². The number of amides is 2. The monoisotopic (exact) mass is 359 g/mol. The van der Waals surface area contributed by atoms with Gasteiger partial charge in [0, 0.05) is 18.4 Å². The molecular weight excluding hydrogens is 334 g/mol. The number of carbonyl (C=O) groups is 3. The summed E-state index contributed by atoms with van der Waals surface area (Å²) < 4.78 is 5.52. The predicted molar refractivity (Wildman–Crippen MR) is 94.8 cm³/mol. The number of likely N-dealkylation sites (tertiary alicyclic amines) is 1. The molecule has 1 aromatic rings. The summed E-state index contributed by atoms with van der Waals surface area (Å²) in [4.78, 5) is 37.6. The van der Waals surface area contributed by atoms with Crippen LogP contribution >= 0.6 is 0 Å². The summed E-state index contributed by atoms with van der Waals surface area (Å²) >= 11 is 0. The van der Waals surface area contributed by atoms with Crippen molar-refractivity contribution in [2.24, 2.45) is 5.41 Å². The molecule has 6 heteroatoms. The van der Waals surface area contributed by atoms with Crippen LogP contribution in [0.2, 0.25) is 0 Å². The highest BCUT2D eigenvalue weighted by Crippen LogP contribution is 2.46. The van der Waals surface area contributed by atoms with Crippen LogP contribution in [0, 0.1) is 5.41 Å². The van der Waals surface area contributed by atoms with Gasteiger partial charge < -0.3 is 9.84 Å². The fourth-order valence-electron chi connectivity index (χ4n) is 3.88. The molecule has 1 spiro atoms. The lowest BCUT2D eigenvalue weighted by atomic mass is 9.84. The van der Waals surface area contributed by atoms with Gasteiger partial charge in [0.05, 0.1) is 12.0 Å². The number of benzene rings is 1. The van der Waals surface area contributed by atoms with E-state index in [0.29, 0.717) is 17.7 Å². The Morgan fingerprint density at radius 1 is 1.23 bits per heavy atom. The molecule has 0 aromatic heterocycles. The van der Waals surface area contributed by atoms with Gasteiger partial charge in [-0.2, -0.15) is 0 Å². The second-order valence-corrected chi connectivity index (χ2v) is 7.24. The van der Waals surface area contributed by atoms with Gasteiger partial charge in [-0.25, -0.2) is 0 Å². The van der Waals surface area contributed by atoms with Crippen molar-refractivity contribution in [2.75, 3.05) is 13.2 Å². The van der Waals surface area contributed by atoms with Crippen molar-refractivity contribution in [1.82, 2.24) is 4.90 Å². The van der Waals surface area contributed by atoms with Crippen molar-refractivity contribution in [1.29, 1.82) is 0 Å². The van der Waals surface area contributed by atoms with Gasteiger partial charge >= 0.3 is 0 Å². The van der Waals surface area contributed by atoms with E-state index in [4.69, 9.17) is 4.74 Å². The lowest BCUT2D eigenvalue weighted by molar-refractivity contribution is -0.143. The van der Waals surface area contributed by atoms with Crippen molar-refractivity contribution in [3.05, 3.63) is 29.8 Å². The molecule has 140 valence electrons. The van der Waals surface area contributed by atoms with E-state index in [0.717, 1.165) is 25.7 Å². The zero-order valence-electron chi connectivity index (χ0n) is 15.1. The molecule has 0 radical (unpaired) electrons. The quantitative estimate of drug-likeness (QED) is 0.597. The van der Waals surface area contributed by atoms with Crippen molar-refractivity contribution in [3.8, 4) is 5.75 Å². The number of ketones is 1. The van der Waals surface area contributed by atoms with E-state index in [9.17, 15) is 19.5 Å². The molecule has 1 unspecified atom stereocenters. The van der Waals surface area contributed by atoms with E-state index in [2.05, 4.69) is 0 Å². The Labute approximate surface area is 153 Å². The van der Waals surface area contributed by atoms with Crippen LogP contribution in [-0.2, 0) is 9.59 Å². The number of aliphatic hydroxyl groups is 1. The number of hydrogen-bond donors (Lipinski definition) is 1. The first kappa shape index (κ1) is 18.6. The van der Waals surface area contributed by atoms with Gasteiger partial charge in [-0.05, 0) is 37.1 Å². The summed E-state index contributed by atoms with van der Waals surface area (Å²) in [7, 11) is 0. The molecule has 1 saturated carbocycles. The molecule has 1 saturated heterocycles. The summed E-state index contributed by atoms with van der Waals surface area (Å²) in [5.41, 5.74) is 0.106. The topological polar surface area (TPSA) is 83.9 Å². The Morgan fingerprint density at radius 3 is 2.50 bits per heavy atom. The van der Waals surface area contributed by atoms with Gasteiger partial charge in [0.25, 0.3) is 0 Å². The Hall–Kier alpha value is -2.21. The highest BCUT2D eigenvalue weighted by atomic mass is 16.5. The first-order valence-corrected chi connectivity index (χ1v) is 9.24. The molecule has 2 aliphatic rings. The lowest BCUT2D eigenvalue weighted by Gasteiger charge is -2.23. The number of rotatable bonds is 7. The Bertz CT molecular complexity index is 691. The van der Waals surface area contributed by atoms with E-state index >= 15 is 0 Å². The van der Waals surface area contributed by atoms with Gasteiger partial charge in [-0.15, -0.1) is 0 Å². The third-order valence-electron chi connectivity index (χ3n) is 5.38. The molecule has 1 aromatic carbocycles. The first-order chi connectivity index (χ1) is 12.4. The van der Waals surface area contributed by atoms with Crippen LogP contribution in [0.5, 0.6) is 5.75 Å². The van der Waals surface area contributed by atoms with Gasteiger partial charge in [0.2, 0.25) is 11.8 Å². The van der Waals surface area contributed by atoms with E-state index in [1.165, 1.54) is 4.90 Å². The van der Waals surface area contributed by atoms with E-state index in [-0.39, 0.29) is 37.2 Å². The van der Waals surface area contributed by atoms with Gasteiger partial charge in [0.1, 0.15) is 18.5 Å². The van der Waals surface area contributed by atoms with Crippen LogP contribution in [-0.4, -0.2) is 46.9 Å². The first-order valence-electron chi connectivity index (χ1n) is 9.24. The number of imide groups is 1. The zero-order chi connectivity index (χ0) is 18.7. The van der Waals surface area contributed by atoms with E-state index in [1.54, 1.807) is 31.2 Å². The largest absolute Gasteiger partial charge is 0.491 e. The number of carbonyl (C=O) groups excluding carboxylic acids is 3. The minimum Gasteiger partial charge on any atom is -0.491 e. The average Bonchev–Trinajstić information content (AvgIpc) is 3.20. The summed E-state index contributed by atoms with van der Waals surface area (Å²) in [6.45, 7) is 1.75. The molecule has 3 rings (SSSR count). The third-order valence-corrected chi connectivity index (χ3v) is 5.38. The van der Waals surface area contributed by atoms with Crippen LogP contribution in [0.1, 0.15) is 55.8 Å². The minimum absolute atomic E-state index is 0.0227. The van der Waals surface area contributed by atoms with Crippen LogP contribution in [0.4, 0.5) is 0 Å². The molecule has 26 heavy (non-hydrogen) atoms. The molecule has 1 aliphatic heterocycles. The third kappa shape index (κ3) is 3.65. The Balaban J connectivity index is 1.53. The smallest absolute Gasteiger partial charge is 0.235 e. The maximum Gasteiger partial charge on any atom is 0.235 e. The molecular formula is C20H25NO5. The highest BCUT2D eigenvalue weighted by molar-refractivity contribution is 6.06. The van der Waals surface area contributed by atoms with Crippen molar-refractivity contribution >= 4 is 17.6 Å². The fourth-order valence-corrected chi connectivity index (χ4v) is 3.88. The van der Waals surface area contributed by atoms with Crippen LogP contribution in [0.3, 0.4) is 0 Å². The number of hydrogen-bond acceptors (Lipinski definition) is 5. The fraction of sp³-hybridized carbons (Fsp3) is 0.550. The highest BCUT2D eigenvalue weighted by Gasteiger charge is 2.52. The number of aliphatic hydroxyl groups excluding tert-OH is 1. The molecule has 6 nitrogen and oxygen atoms in total. The Morgan fingerprint density at radius 2 is 1.88 bits per heavy atom. The maximum atomic E-state index is 12.6. The SMILES string of the molecule is CCC(=O)c1ccc(OCC(O)CN2C(=O)CC3(CCCC3)C2=O)cc1. The average molecular weight is 359 g/mol. The summed E-state index contributed by atoms with van der Waals surface area (Å²) in [5.74, 6) is 0.256. The van der Waals surface area contributed by atoms with Crippen LogP contribution in [0.15, 0.2) is 24.3 Å². The summed E-state index contributed by atoms with van der Waals surface area (Å²) in [6.07, 6.45) is 3.26. The number of Topliss-reactive ketones (excluding diaryl/α,β-unsaturated/α-hetero) is 1. The van der Waals surface area contributed by atoms with E-state index in [1.807, 2.05) is 0 Å². The summed E-state index contributed by atoms with van der Waals surface area (Å²) in [5, 5.41) is 10.2. The standard InChI is InChI=1S/C20H25NO5/c1-2-17(23)14-5-7-16(8-6-14)26-13-15(22)12-21-18(24)11-20(19(21)25)9-3-4-10-20/h5-8,15,22H,2-4,9-13H2,1H3.